The van der Waals surface area contributed by atoms with Crippen LogP contribution in [0.1, 0.15) is 26.2 Å². The van der Waals surface area contributed by atoms with Crippen LogP contribution < -0.4 is 5.32 Å². The molecule has 0 saturated heterocycles. The fourth-order valence-corrected chi connectivity index (χ4v) is 1.85. The fraction of sp³-hybridized carbons (Fsp3) is 0.545. The standard InChI is InChI=1S/C11H15ClN2/c1-8(7-9-4-5-9)14-10-3-2-6-13-11(10)12/h2-3,6,8-9,14H,4-5,7H2,1H3. The summed E-state index contributed by atoms with van der Waals surface area (Å²) < 4.78 is 0. The third-order valence-corrected chi connectivity index (χ3v) is 2.85. The molecule has 0 spiro atoms. The minimum atomic E-state index is 0.490. The molecule has 76 valence electrons. The van der Waals surface area contributed by atoms with Gasteiger partial charge in [-0.25, -0.2) is 4.98 Å². The van der Waals surface area contributed by atoms with E-state index in [4.69, 9.17) is 11.6 Å². The Morgan fingerprint density at radius 3 is 3.07 bits per heavy atom. The van der Waals surface area contributed by atoms with Crippen molar-refractivity contribution in [3.8, 4) is 0 Å². The van der Waals surface area contributed by atoms with Crippen LogP contribution in [0.25, 0.3) is 0 Å². The first-order valence-corrected chi connectivity index (χ1v) is 5.50. The van der Waals surface area contributed by atoms with Crippen molar-refractivity contribution < 1.29 is 0 Å². The largest absolute Gasteiger partial charge is 0.380 e. The number of nitrogens with one attached hydrogen (secondary N) is 1. The van der Waals surface area contributed by atoms with Gasteiger partial charge in [0.05, 0.1) is 5.69 Å². The van der Waals surface area contributed by atoms with Crippen molar-refractivity contribution >= 4 is 17.3 Å². The monoisotopic (exact) mass is 210 g/mol. The Labute approximate surface area is 89.7 Å². The molecule has 1 aliphatic carbocycles. The average Bonchev–Trinajstić information content (AvgIpc) is 2.93. The van der Waals surface area contributed by atoms with Gasteiger partial charge in [0.25, 0.3) is 0 Å². The predicted octanol–water partition coefficient (Wildman–Crippen LogP) is 3.34. The highest BCUT2D eigenvalue weighted by Gasteiger charge is 2.23. The van der Waals surface area contributed by atoms with Crippen molar-refractivity contribution in [1.29, 1.82) is 0 Å². The molecule has 0 bridgehead atoms. The Hall–Kier alpha value is -0.760. The number of pyridine rings is 1. The molecule has 0 amide bonds. The second-order valence-electron chi connectivity index (χ2n) is 4.07. The molecule has 2 rings (SSSR count). The summed E-state index contributed by atoms with van der Waals surface area (Å²) in [6.07, 6.45) is 5.74. The summed E-state index contributed by atoms with van der Waals surface area (Å²) in [5.41, 5.74) is 0.947. The van der Waals surface area contributed by atoms with Crippen molar-refractivity contribution in [3.63, 3.8) is 0 Å². The summed E-state index contributed by atoms with van der Waals surface area (Å²) in [5.74, 6) is 0.938. The topological polar surface area (TPSA) is 24.9 Å². The average molecular weight is 211 g/mol. The first kappa shape index (κ1) is 9.78. The molecule has 1 aromatic rings. The van der Waals surface area contributed by atoms with Crippen molar-refractivity contribution in [1.82, 2.24) is 4.98 Å². The Morgan fingerprint density at radius 2 is 2.43 bits per heavy atom. The molecule has 0 aliphatic heterocycles. The molecule has 0 radical (unpaired) electrons. The molecule has 1 atom stereocenters. The van der Waals surface area contributed by atoms with Gasteiger partial charge in [-0.2, -0.15) is 0 Å². The number of hydrogen-bond acceptors (Lipinski definition) is 2. The molecule has 1 heterocycles. The number of aromatic nitrogens is 1. The third-order valence-electron chi connectivity index (χ3n) is 2.54. The zero-order valence-corrected chi connectivity index (χ0v) is 9.09. The fourth-order valence-electron chi connectivity index (χ4n) is 1.67. The number of nitrogens with zero attached hydrogens (tertiary/aromatic N) is 1. The van der Waals surface area contributed by atoms with Crippen molar-refractivity contribution in [2.45, 2.75) is 32.2 Å². The normalized spacial score (nSPS) is 17.9. The van der Waals surface area contributed by atoms with E-state index in [1.807, 2.05) is 12.1 Å². The maximum Gasteiger partial charge on any atom is 0.152 e. The van der Waals surface area contributed by atoms with Crippen LogP contribution in [0.15, 0.2) is 18.3 Å². The van der Waals surface area contributed by atoms with Crippen LogP contribution in [0.4, 0.5) is 5.69 Å². The van der Waals surface area contributed by atoms with E-state index >= 15 is 0 Å². The van der Waals surface area contributed by atoms with Gasteiger partial charge in [-0.05, 0) is 31.4 Å². The quantitative estimate of drug-likeness (QED) is 0.772. The number of halogens is 1. The maximum atomic E-state index is 5.95. The zero-order chi connectivity index (χ0) is 9.97. The lowest BCUT2D eigenvalue weighted by molar-refractivity contribution is 0.642. The number of hydrogen-bond donors (Lipinski definition) is 1. The van der Waals surface area contributed by atoms with Gasteiger partial charge in [0.15, 0.2) is 5.15 Å². The SMILES string of the molecule is CC(CC1CC1)Nc1cccnc1Cl. The maximum absolute atomic E-state index is 5.95. The van der Waals surface area contributed by atoms with E-state index in [0.717, 1.165) is 11.6 Å². The van der Waals surface area contributed by atoms with Gasteiger partial charge in [0, 0.05) is 12.2 Å². The highest BCUT2D eigenvalue weighted by molar-refractivity contribution is 6.31. The lowest BCUT2D eigenvalue weighted by Crippen LogP contribution is -2.16. The molecule has 1 saturated carbocycles. The summed E-state index contributed by atoms with van der Waals surface area (Å²) in [7, 11) is 0. The second kappa shape index (κ2) is 4.18. The smallest absolute Gasteiger partial charge is 0.152 e. The Morgan fingerprint density at radius 1 is 1.64 bits per heavy atom. The number of anilines is 1. The summed E-state index contributed by atoms with van der Waals surface area (Å²) in [4.78, 5) is 4.03. The number of rotatable bonds is 4. The van der Waals surface area contributed by atoms with Crippen molar-refractivity contribution in [3.05, 3.63) is 23.5 Å². The molecular formula is C11H15ClN2. The third kappa shape index (κ3) is 2.61. The van der Waals surface area contributed by atoms with Gasteiger partial charge in [-0.3, -0.25) is 0 Å². The lowest BCUT2D eigenvalue weighted by Gasteiger charge is -2.15. The molecular weight excluding hydrogens is 196 g/mol. The van der Waals surface area contributed by atoms with E-state index in [-0.39, 0.29) is 0 Å². The molecule has 2 nitrogen and oxygen atoms in total. The van der Waals surface area contributed by atoms with Gasteiger partial charge >= 0.3 is 0 Å². The van der Waals surface area contributed by atoms with Gasteiger partial charge in [0.1, 0.15) is 0 Å². The Balaban J connectivity index is 1.91. The first-order valence-electron chi connectivity index (χ1n) is 5.13. The van der Waals surface area contributed by atoms with Crippen molar-refractivity contribution in [2.24, 2.45) is 5.92 Å². The first-order chi connectivity index (χ1) is 6.75. The van der Waals surface area contributed by atoms with E-state index < -0.39 is 0 Å². The Bertz CT molecular complexity index is 310. The van der Waals surface area contributed by atoms with Crippen LogP contribution in [0.2, 0.25) is 5.15 Å². The minimum absolute atomic E-state index is 0.490. The molecule has 1 aliphatic rings. The van der Waals surface area contributed by atoms with E-state index in [9.17, 15) is 0 Å². The molecule has 3 heteroatoms. The summed E-state index contributed by atoms with van der Waals surface area (Å²) in [6.45, 7) is 2.20. The van der Waals surface area contributed by atoms with E-state index in [0.29, 0.717) is 11.2 Å². The van der Waals surface area contributed by atoms with E-state index in [2.05, 4.69) is 17.2 Å². The Kier molecular flexibility index (Phi) is 2.92. The predicted molar refractivity (Wildman–Crippen MR) is 59.7 cm³/mol. The lowest BCUT2D eigenvalue weighted by atomic mass is 10.1. The van der Waals surface area contributed by atoms with Crippen molar-refractivity contribution in [2.75, 3.05) is 5.32 Å². The van der Waals surface area contributed by atoms with E-state index in [1.165, 1.54) is 19.3 Å². The van der Waals surface area contributed by atoms with E-state index in [1.54, 1.807) is 6.20 Å². The van der Waals surface area contributed by atoms with Gasteiger partial charge in [0.2, 0.25) is 0 Å². The minimum Gasteiger partial charge on any atom is -0.380 e. The highest BCUT2D eigenvalue weighted by atomic mass is 35.5. The van der Waals surface area contributed by atoms with Crippen LogP contribution in [0.3, 0.4) is 0 Å². The van der Waals surface area contributed by atoms with Crippen LogP contribution in [-0.4, -0.2) is 11.0 Å². The van der Waals surface area contributed by atoms with Crippen LogP contribution in [0, 0.1) is 5.92 Å². The highest BCUT2D eigenvalue weighted by Crippen LogP contribution is 2.34. The van der Waals surface area contributed by atoms with Crippen LogP contribution in [0.5, 0.6) is 0 Å². The molecule has 14 heavy (non-hydrogen) atoms. The van der Waals surface area contributed by atoms with Crippen LogP contribution in [-0.2, 0) is 0 Å². The summed E-state index contributed by atoms with van der Waals surface area (Å²) in [5, 5.41) is 3.95. The van der Waals surface area contributed by atoms with Crippen LogP contribution >= 0.6 is 11.6 Å². The molecule has 0 aromatic carbocycles. The molecule has 1 unspecified atom stereocenters. The second-order valence-corrected chi connectivity index (χ2v) is 4.42. The van der Waals surface area contributed by atoms with Gasteiger partial charge in [-0.15, -0.1) is 0 Å². The molecule has 1 aromatic heterocycles. The summed E-state index contributed by atoms with van der Waals surface area (Å²) >= 11 is 5.95. The van der Waals surface area contributed by atoms with Gasteiger partial charge < -0.3 is 5.32 Å². The zero-order valence-electron chi connectivity index (χ0n) is 8.33. The molecule has 1 fully saturated rings. The van der Waals surface area contributed by atoms with Gasteiger partial charge in [-0.1, -0.05) is 24.4 Å². The molecule has 1 N–H and O–H groups in total. The summed E-state index contributed by atoms with van der Waals surface area (Å²) in [6, 6.07) is 4.36.